The molecule has 142 valence electrons. The Labute approximate surface area is 159 Å². The van der Waals surface area contributed by atoms with Crippen molar-refractivity contribution in [3.05, 3.63) is 41.5 Å². The number of benzene rings is 2. The highest BCUT2D eigenvalue weighted by atomic mass is 16.5. The van der Waals surface area contributed by atoms with Gasteiger partial charge in [0.25, 0.3) is 0 Å². The van der Waals surface area contributed by atoms with Crippen LogP contribution < -0.4 is 18.9 Å². The molecule has 0 bridgehead atoms. The average Bonchev–Trinajstić information content (AvgIpc) is 2.68. The van der Waals surface area contributed by atoms with Gasteiger partial charge in [0, 0.05) is 42.8 Å². The highest BCUT2D eigenvalue weighted by molar-refractivity contribution is 5.53. The van der Waals surface area contributed by atoms with E-state index in [-0.39, 0.29) is 0 Å². The first-order chi connectivity index (χ1) is 13.2. The van der Waals surface area contributed by atoms with Crippen LogP contribution in [0.25, 0.3) is 0 Å². The number of unbranched alkanes of at least 4 members (excludes halogenated alkanes) is 1. The van der Waals surface area contributed by atoms with Crippen molar-refractivity contribution >= 4 is 0 Å². The van der Waals surface area contributed by atoms with Crippen LogP contribution in [0, 0.1) is 11.3 Å². The molecule has 0 unspecified atom stereocenters. The van der Waals surface area contributed by atoms with Crippen LogP contribution in [-0.4, -0.2) is 32.8 Å². The van der Waals surface area contributed by atoms with Crippen molar-refractivity contribution < 1.29 is 18.9 Å². The first-order valence-corrected chi connectivity index (χ1v) is 8.87. The van der Waals surface area contributed by atoms with Crippen molar-refractivity contribution in [2.75, 3.05) is 27.9 Å². The molecule has 0 radical (unpaired) electrons. The Hall–Kier alpha value is -2.91. The van der Waals surface area contributed by atoms with Crippen LogP contribution in [0.4, 0.5) is 0 Å². The highest BCUT2D eigenvalue weighted by Gasteiger charge is 2.21. The second-order valence-electron chi connectivity index (χ2n) is 6.36. The molecule has 1 heterocycles. The van der Waals surface area contributed by atoms with Crippen LogP contribution in [0.3, 0.4) is 0 Å². The van der Waals surface area contributed by atoms with Gasteiger partial charge < -0.3 is 18.9 Å². The molecule has 0 fully saturated rings. The third-order valence-electron chi connectivity index (χ3n) is 4.61. The minimum atomic E-state index is 0.543. The maximum absolute atomic E-state index is 8.86. The maximum Gasteiger partial charge on any atom is 0.164 e. The largest absolute Gasteiger partial charge is 0.497 e. The van der Waals surface area contributed by atoms with Gasteiger partial charge in [-0.25, -0.2) is 0 Å². The van der Waals surface area contributed by atoms with Gasteiger partial charge in [-0.1, -0.05) is 6.07 Å². The second-order valence-corrected chi connectivity index (χ2v) is 6.36. The van der Waals surface area contributed by atoms with Gasteiger partial charge in [0.05, 0.1) is 27.4 Å². The van der Waals surface area contributed by atoms with E-state index in [2.05, 4.69) is 11.0 Å². The van der Waals surface area contributed by atoms with Gasteiger partial charge in [0.2, 0.25) is 0 Å². The molecule has 6 nitrogen and oxygen atoms in total. The van der Waals surface area contributed by atoms with E-state index in [0.717, 1.165) is 47.9 Å². The fourth-order valence-electron chi connectivity index (χ4n) is 3.20. The smallest absolute Gasteiger partial charge is 0.164 e. The van der Waals surface area contributed by atoms with Crippen LogP contribution in [0.15, 0.2) is 30.3 Å². The standard InChI is InChI=1S/C21H24N2O4/c1-24-17-7-6-15-13-23(9-5-4-8-22)14-16-10-20(25-2)21(26-3)12-19(16)27-18(15)11-17/h6-7,10-12H,4-5,9,13-14H2,1-3H3. The second kappa shape index (κ2) is 8.65. The quantitative estimate of drug-likeness (QED) is 0.715. The van der Waals surface area contributed by atoms with Crippen LogP contribution in [0.1, 0.15) is 24.0 Å². The summed E-state index contributed by atoms with van der Waals surface area (Å²) in [5.74, 6) is 3.52. The number of hydrogen-bond donors (Lipinski definition) is 0. The first-order valence-electron chi connectivity index (χ1n) is 8.87. The predicted molar refractivity (Wildman–Crippen MR) is 102 cm³/mol. The van der Waals surface area contributed by atoms with Crippen molar-refractivity contribution in [1.29, 1.82) is 5.26 Å². The number of hydrogen-bond acceptors (Lipinski definition) is 6. The summed E-state index contributed by atoms with van der Waals surface area (Å²) < 4.78 is 22.5. The normalized spacial score (nSPS) is 13.3. The Balaban J connectivity index is 2.03. The predicted octanol–water partition coefficient (Wildman–Crippen LogP) is 4.12. The van der Waals surface area contributed by atoms with E-state index in [9.17, 15) is 0 Å². The highest BCUT2D eigenvalue weighted by Crippen LogP contribution is 2.40. The molecule has 0 aromatic heterocycles. The molecular formula is C21H24N2O4. The molecule has 0 aliphatic carbocycles. The average molecular weight is 368 g/mol. The zero-order valence-corrected chi connectivity index (χ0v) is 15.9. The molecule has 1 aliphatic heterocycles. The number of ether oxygens (including phenoxy) is 4. The monoisotopic (exact) mass is 368 g/mol. The number of nitriles is 1. The Morgan fingerprint density at radius 1 is 0.963 bits per heavy atom. The number of nitrogens with zero attached hydrogens (tertiary/aromatic N) is 2. The Morgan fingerprint density at radius 2 is 1.67 bits per heavy atom. The lowest BCUT2D eigenvalue weighted by Crippen LogP contribution is -2.25. The molecule has 1 aliphatic rings. The lowest BCUT2D eigenvalue weighted by Gasteiger charge is -2.28. The molecule has 27 heavy (non-hydrogen) atoms. The van der Waals surface area contributed by atoms with Gasteiger partial charge in [-0.3, -0.25) is 4.90 Å². The molecule has 2 aromatic carbocycles. The first kappa shape index (κ1) is 18.9. The van der Waals surface area contributed by atoms with Gasteiger partial charge in [0.1, 0.15) is 17.2 Å². The Bertz CT molecular complexity index is 845. The van der Waals surface area contributed by atoms with E-state index < -0.39 is 0 Å². The third-order valence-corrected chi connectivity index (χ3v) is 4.61. The summed E-state index contributed by atoms with van der Waals surface area (Å²) >= 11 is 0. The van der Waals surface area contributed by atoms with Crippen LogP contribution >= 0.6 is 0 Å². The molecule has 0 amide bonds. The van der Waals surface area contributed by atoms with E-state index >= 15 is 0 Å². The summed E-state index contributed by atoms with van der Waals surface area (Å²) in [6.07, 6.45) is 1.37. The van der Waals surface area contributed by atoms with E-state index in [4.69, 9.17) is 24.2 Å². The summed E-state index contributed by atoms with van der Waals surface area (Å²) in [5, 5.41) is 8.86. The molecule has 2 aromatic rings. The van der Waals surface area contributed by atoms with E-state index in [0.29, 0.717) is 24.5 Å². The van der Waals surface area contributed by atoms with Crippen molar-refractivity contribution in [2.45, 2.75) is 25.9 Å². The fourth-order valence-corrected chi connectivity index (χ4v) is 3.20. The molecule has 0 spiro atoms. The SMILES string of the molecule is COc1ccc2c(c1)Oc1cc(OC)c(OC)cc1CN(CCCC#N)C2. The van der Waals surface area contributed by atoms with Crippen molar-refractivity contribution in [1.82, 2.24) is 4.90 Å². The van der Waals surface area contributed by atoms with Gasteiger partial charge in [0.15, 0.2) is 11.5 Å². The van der Waals surface area contributed by atoms with Crippen molar-refractivity contribution in [3.63, 3.8) is 0 Å². The summed E-state index contributed by atoms with van der Waals surface area (Å²) in [7, 11) is 4.87. The molecule has 0 saturated heterocycles. The van der Waals surface area contributed by atoms with Crippen LogP contribution in [0.5, 0.6) is 28.7 Å². The Morgan fingerprint density at radius 3 is 2.37 bits per heavy atom. The molecule has 6 heteroatoms. The van der Waals surface area contributed by atoms with Gasteiger partial charge in [-0.15, -0.1) is 0 Å². The summed E-state index contributed by atoms with van der Waals surface area (Å²) in [5.41, 5.74) is 2.09. The van der Waals surface area contributed by atoms with E-state index in [1.54, 1.807) is 21.3 Å². The molecule has 0 N–H and O–H groups in total. The molecular weight excluding hydrogens is 344 g/mol. The van der Waals surface area contributed by atoms with Crippen molar-refractivity contribution in [2.24, 2.45) is 0 Å². The number of rotatable bonds is 6. The maximum atomic E-state index is 8.86. The summed E-state index contributed by atoms with van der Waals surface area (Å²) in [6.45, 7) is 2.26. The topological polar surface area (TPSA) is 64.0 Å². The van der Waals surface area contributed by atoms with E-state index in [1.165, 1.54) is 0 Å². The Kier molecular flexibility index (Phi) is 6.05. The minimum Gasteiger partial charge on any atom is -0.497 e. The fraction of sp³-hybridized carbons (Fsp3) is 0.381. The minimum absolute atomic E-state index is 0.543. The van der Waals surface area contributed by atoms with Crippen LogP contribution in [0.2, 0.25) is 0 Å². The summed E-state index contributed by atoms with van der Waals surface area (Å²) in [6, 6.07) is 11.9. The zero-order chi connectivity index (χ0) is 19.2. The molecule has 3 rings (SSSR count). The van der Waals surface area contributed by atoms with Gasteiger partial charge in [-0.2, -0.15) is 5.26 Å². The van der Waals surface area contributed by atoms with Crippen molar-refractivity contribution in [3.8, 4) is 34.8 Å². The lowest BCUT2D eigenvalue weighted by atomic mass is 10.1. The number of methoxy groups -OCH3 is 3. The third kappa shape index (κ3) is 4.26. The van der Waals surface area contributed by atoms with Crippen LogP contribution in [-0.2, 0) is 13.1 Å². The van der Waals surface area contributed by atoms with Gasteiger partial charge >= 0.3 is 0 Å². The zero-order valence-electron chi connectivity index (χ0n) is 15.9. The van der Waals surface area contributed by atoms with E-state index in [1.807, 2.05) is 30.3 Å². The summed E-state index contributed by atoms with van der Waals surface area (Å²) in [4.78, 5) is 2.32. The van der Waals surface area contributed by atoms with Gasteiger partial charge in [-0.05, 0) is 25.1 Å². The lowest BCUT2D eigenvalue weighted by molar-refractivity contribution is 0.241. The molecule has 0 saturated carbocycles. The molecule has 0 atom stereocenters. The number of fused-ring (bicyclic) bond motifs is 2.